The van der Waals surface area contributed by atoms with Gasteiger partial charge in [-0.3, -0.25) is 19.1 Å². The average Bonchev–Trinajstić information content (AvgIpc) is 3.34. The van der Waals surface area contributed by atoms with Crippen molar-refractivity contribution in [3.63, 3.8) is 0 Å². The van der Waals surface area contributed by atoms with Gasteiger partial charge in [-0.05, 0) is 24.3 Å². The smallest absolute Gasteiger partial charge is 0.346 e. The maximum Gasteiger partial charge on any atom is 0.346 e. The number of hydrogen-bond acceptors (Lipinski definition) is 6. The molecule has 10 nitrogen and oxygen atoms in total. The molecule has 0 radical (unpaired) electrons. The van der Waals surface area contributed by atoms with Crippen LogP contribution in [-0.4, -0.2) is 51.3 Å². The van der Waals surface area contributed by atoms with E-state index in [1.54, 1.807) is 55.6 Å². The second kappa shape index (κ2) is 9.04. The van der Waals surface area contributed by atoms with Crippen LogP contribution in [0.1, 0.15) is 6.42 Å². The normalized spacial score (nSPS) is 15.8. The maximum absolute atomic E-state index is 12.6. The minimum absolute atomic E-state index is 0.112. The number of carbonyl (C=O) groups is 2. The van der Waals surface area contributed by atoms with Crippen LogP contribution in [0, 0.1) is 5.92 Å². The van der Waals surface area contributed by atoms with Gasteiger partial charge in [0.2, 0.25) is 11.8 Å². The van der Waals surface area contributed by atoms with E-state index < -0.39 is 5.92 Å². The first-order chi connectivity index (χ1) is 15.5. The molecule has 0 aliphatic carbocycles. The third-order valence-corrected chi connectivity index (χ3v) is 5.42. The summed E-state index contributed by atoms with van der Waals surface area (Å²) in [6, 6.07) is 12.6. The summed E-state index contributed by atoms with van der Waals surface area (Å²) in [5, 5.41) is 7.15. The molecule has 2 aromatic heterocycles. The number of anilines is 1. The van der Waals surface area contributed by atoms with Gasteiger partial charge in [0.05, 0.1) is 19.6 Å². The molecule has 4 rings (SSSR count). The number of carbonyl (C=O) groups excluding carboxylic acids is 2. The lowest BCUT2D eigenvalue weighted by Crippen LogP contribution is -2.36. The fourth-order valence-electron chi connectivity index (χ4n) is 3.69. The van der Waals surface area contributed by atoms with E-state index in [-0.39, 0.29) is 37.0 Å². The minimum atomic E-state index is -0.460. The van der Waals surface area contributed by atoms with Crippen LogP contribution in [0.15, 0.2) is 53.5 Å². The van der Waals surface area contributed by atoms with Crippen LogP contribution in [-0.2, 0) is 23.2 Å². The molecule has 166 valence electrons. The van der Waals surface area contributed by atoms with Crippen LogP contribution < -0.4 is 20.6 Å². The summed E-state index contributed by atoms with van der Waals surface area (Å²) in [6.07, 6.45) is 1.77. The summed E-state index contributed by atoms with van der Waals surface area (Å²) in [5.41, 5.74) is 1.00. The maximum atomic E-state index is 12.6. The van der Waals surface area contributed by atoms with E-state index in [1.165, 1.54) is 9.25 Å². The van der Waals surface area contributed by atoms with Gasteiger partial charge in [-0.2, -0.15) is 0 Å². The van der Waals surface area contributed by atoms with Crippen molar-refractivity contribution in [2.75, 3.05) is 25.1 Å². The van der Waals surface area contributed by atoms with Crippen molar-refractivity contribution in [2.45, 2.75) is 13.0 Å². The number of pyridine rings is 1. The Labute approximate surface area is 184 Å². The van der Waals surface area contributed by atoms with Crippen LogP contribution >= 0.6 is 0 Å². The van der Waals surface area contributed by atoms with Gasteiger partial charge in [0.15, 0.2) is 5.82 Å². The van der Waals surface area contributed by atoms with Crippen molar-refractivity contribution in [1.82, 2.24) is 24.6 Å². The van der Waals surface area contributed by atoms with E-state index in [1.807, 2.05) is 12.1 Å². The lowest BCUT2D eigenvalue weighted by atomic mass is 10.1. The molecule has 3 heterocycles. The number of benzene rings is 1. The molecule has 1 saturated heterocycles. The van der Waals surface area contributed by atoms with Gasteiger partial charge in [-0.1, -0.05) is 12.1 Å². The Morgan fingerprint density at radius 1 is 1.22 bits per heavy atom. The Hall–Kier alpha value is -3.95. The molecule has 1 unspecified atom stereocenters. The number of amides is 2. The average molecular weight is 436 g/mol. The number of nitrogens with one attached hydrogen (secondary N) is 1. The molecule has 2 amide bonds. The summed E-state index contributed by atoms with van der Waals surface area (Å²) in [6.45, 7) is 0.734. The number of ether oxygens (including phenoxy) is 1. The Bertz CT molecular complexity index is 1190. The van der Waals surface area contributed by atoms with E-state index in [0.29, 0.717) is 29.5 Å². The van der Waals surface area contributed by atoms with Crippen LogP contribution in [0.25, 0.3) is 11.5 Å². The van der Waals surface area contributed by atoms with Gasteiger partial charge in [0.25, 0.3) is 0 Å². The summed E-state index contributed by atoms with van der Waals surface area (Å²) in [5.74, 6) is 0.307. The van der Waals surface area contributed by atoms with Crippen LogP contribution in [0.2, 0.25) is 0 Å². The third kappa shape index (κ3) is 4.25. The second-order valence-electron chi connectivity index (χ2n) is 7.50. The van der Waals surface area contributed by atoms with Gasteiger partial charge in [0, 0.05) is 44.5 Å². The number of hydrogen-bond donors (Lipinski definition) is 1. The largest absolute Gasteiger partial charge is 0.497 e. The standard InChI is InChI=1S/C22H24N6O4/c1-26-20(18-8-3-4-9-23-18)25-28(22(26)31)11-10-24-21(30)15-12-19(29)27(14-15)16-6-5-7-17(13-16)32-2/h3-9,13,15H,10-12,14H2,1-2H3,(H,24,30). The van der Waals surface area contributed by atoms with Crippen LogP contribution in [0.3, 0.4) is 0 Å². The predicted molar refractivity (Wildman–Crippen MR) is 117 cm³/mol. The van der Waals surface area contributed by atoms with Crippen molar-refractivity contribution < 1.29 is 14.3 Å². The summed E-state index contributed by atoms with van der Waals surface area (Å²) >= 11 is 0. The Morgan fingerprint density at radius 2 is 2.06 bits per heavy atom. The van der Waals surface area contributed by atoms with Crippen LogP contribution in [0.5, 0.6) is 5.75 Å². The molecule has 0 spiro atoms. The first kappa shape index (κ1) is 21.3. The van der Waals surface area contributed by atoms with E-state index in [4.69, 9.17) is 4.74 Å². The Balaban J connectivity index is 1.36. The predicted octanol–water partition coefficient (Wildman–Crippen LogP) is 0.822. The molecular formula is C22H24N6O4. The summed E-state index contributed by atoms with van der Waals surface area (Å²) in [4.78, 5) is 43.3. The topological polar surface area (TPSA) is 111 Å². The third-order valence-electron chi connectivity index (χ3n) is 5.42. The molecule has 32 heavy (non-hydrogen) atoms. The number of aromatic nitrogens is 4. The van der Waals surface area contributed by atoms with Gasteiger partial charge >= 0.3 is 5.69 Å². The zero-order valence-corrected chi connectivity index (χ0v) is 17.9. The Kier molecular flexibility index (Phi) is 6.02. The molecule has 1 aromatic carbocycles. The number of nitrogens with zero attached hydrogens (tertiary/aromatic N) is 5. The molecule has 1 atom stereocenters. The number of rotatable bonds is 7. The van der Waals surface area contributed by atoms with Crippen LogP contribution in [0.4, 0.5) is 5.69 Å². The lowest BCUT2D eigenvalue weighted by Gasteiger charge is -2.17. The highest BCUT2D eigenvalue weighted by molar-refractivity contribution is 6.00. The van der Waals surface area contributed by atoms with Crippen molar-refractivity contribution in [1.29, 1.82) is 0 Å². The van der Waals surface area contributed by atoms with Crippen molar-refractivity contribution in [3.8, 4) is 17.3 Å². The molecule has 10 heteroatoms. The van der Waals surface area contributed by atoms with Crippen molar-refractivity contribution >= 4 is 17.5 Å². The highest BCUT2D eigenvalue weighted by Gasteiger charge is 2.35. The lowest BCUT2D eigenvalue weighted by molar-refractivity contribution is -0.126. The minimum Gasteiger partial charge on any atom is -0.497 e. The van der Waals surface area contributed by atoms with Gasteiger partial charge in [-0.25, -0.2) is 9.48 Å². The van der Waals surface area contributed by atoms with E-state index in [9.17, 15) is 14.4 Å². The first-order valence-electron chi connectivity index (χ1n) is 10.3. The molecular weight excluding hydrogens is 412 g/mol. The molecule has 1 fully saturated rings. The van der Waals surface area contributed by atoms with Crippen molar-refractivity contribution in [3.05, 3.63) is 59.1 Å². The van der Waals surface area contributed by atoms with E-state index in [0.717, 1.165) is 0 Å². The van der Waals surface area contributed by atoms with Gasteiger partial charge in [-0.15, -0.1) is 5.10 Å². The van der Waals surface area contributed by atoms with Crippen molar-refractivity contribution in [2.24, 2.45) is 13.0 Å². The summed E-state index contributed by atoms with van der Waals surface area (Å²) < 4.78 is 7.93. The Morgan fingerprint density at radius 3 is 2.81 bits per heavy atom. The zero-order valence-electron chi connectivity index (χ0n) is 17.9. The highest BCUT2D eigenvalue weighted by Crippen LogP contribution is 2.27. The summed E-state index contributed by atoms with van der Waals surface area (Å²) in [7, 11) is 3.19. The second-order valence-corrected chi connectivity index (χ2v) is 7.50. The van der Waals surface area contributed by atoms with E-state index >= 15 is 0 Å². The number of methoxy groups -OCH3 is 1. The SMILES string of the molecule is COc1cccc(N2CC(C(=O)NCCn3nc(-c4ccccn4)n(C)c3=O)CC2=O)c1. The molecule has 0 bridgehead atoms. The zero-order chi connectivity index (χ0) is 22.7. The quantitative estimate of drug-likeness (QED) is 0.587. The fourth-order valence-corrected chi connectivity index (χ4v) is 3.69. The highest BCUT2D eigenvalue weighted by atomic mass is 16.5. The molecule has 1 aliphatic heterocycles. The molecule has 1 N–H and O–H groups in total. The fraction of sp³-hybridized carbons (Fsp3) is 0.318. The first-order valence-corrected chi connectivity index (χ1v) is 10.3. The van der Waals surface area contributed by atoms with Gasteiger partial charge in [0.1, 0.15) is 11.4 Å². The molecule has 0 saturated carbocycles. The molecule has 3 aromatic rings. The van der Waals surface area contributed by atoms with Gasteiger partial charge < -0.3 is 15.0 Å². The molecule has 1 aliphatic rings. The van der Waals surface area contributed by atoms with E-state index in [2.05, 4.69) is 15.4 Å². The monoisotopic (exact) mass is 436 g/mol.